The minimum Gasteiger partial charge on any atom is -0.465 e. The van der Waals surface area contributed by atoms with Crippen molar-refractivity contribution in [1.29, 1.82) is 0 Å². The zero-order valence-electron chi connectivity index (χ0n) is 15.6. The fourth-order valence-corrected chi connectivity index (χ4v) is 2.93. The van der Waals surface area contributed by atoms with E-state index in [1.165, 1.54) is 13.2 Å². The molecule has 0 N–H and O–H groups in total. The van der Waals surface area contributed by atoms with Crippen LogP contribution in [0.15, 0.2) is 42.5 Å². The number of carbonyl (C=O) groups excluding carboxylic acids is 2. The predicted molar refractivity (Wildman–Crippen MR) is 99.9 cm³/mol. The van der Waals surface area contributed by atoms with Crippen LogP contribution in [-0.4, -0.2) is 25.0 Å². The smallest absolute Gasteiger partial charge is 0.337 e. The van der Waals surface area contributed by atoms with E-state index in [9.17, 15) is 14.0 Å². The summed E-state index contributed by atoms with van der Waals surface area (Å²) in [6.45, 7) is 5.70. The van der Waals surface area contributed by atoms with Gasteiger partial charge in [-0.05, 0) is 62.6 Å². The second-order valence-electron chi connectivity index (χ2n) is 6.44. The highest BCUT2D eigenvalue weighted by Gasteiger charge is 2.21. The molecule has 2 aromatic carbocycles. The van der Waals surface area contributed by atoms with Crippen LogP contribution in [0.3, 0.4) is 0 Å². The summed E-state index contributed by atoms with van der Waals surface area (Å²) in [5.74, 6) is -0.797. The van der Waals surface area contributed by atoms with Gasteiger partial charge in [0.1, 0.15) is 5.82 Å². The second kappa shape index (κ2) is 8.61. The molecule has 0 spiro atoms. The average molecular weight is 357 g/mol. The highest BCUT2D eigenvalue weighted by molar-refractivity contribution is 5.96. The summed E-state index contributed by atoms with van der Waals surface area (Å²) in [5.41, 5.74) is 2.52. The molecular formula is C21H24FNO3. The number of hydrogen-bond donors (Lipinski definition) is 0. The van der Waals surface area contributed by atoms with Crippen LogP contribution in [0, 0.1) is 12.7 Å². The van der Waals surface area contributed by atoms with E-state index in [1.54, 1.807) is 41.3 Å². The summed E-state index contributed by atoms with van der Waals surface area (Å²) in [6, 6.07) is 11.5. The number of amides is 1. The van der Waals surface area contributed by atoms with Crippen molar-refractivity contribution < 1.29 is 18.7 Å². The number of nitrogens with zero attached hydrogens (tertiary/aromatic N) is 1. The van der Waals surface area contributed by atoms with E-state index in [4.69, 9.17) is 4.74 Å². The van der Waals surface area contributed by atoms with E-state index in [0.29, 0.717) is 17.5 Å². The van der Waals surface area contributed by atoms with Gasteiger partial charge >= 0.3 is 5.97 Å². The molecule has 0 bridgehead atoms. The van der Waals surface area contributed by atoms with Gasteiger partial charge in [-0.1, -0.05) is 18.2 Å². The van der Waals surface area contributed by atoms with Crippen molar-refractivity contribution in [1.82, 2.24) is 0 Å². The molecule has 0 aliphatic heterocycles. The van der Waals surface area contributed by atoms with Gasteiger partial charge in [0.15, 0.2) is 0 Å². The predicted octanol–water partition coefficient (Wildman–Crippen LogP) is 4.29. The minimum absolute atomic E-state index is 0.0641. The minimum atomic E-state index is -0.415. The van der Waals surface area contributed by atoms with Crippen LogP contribution in [-0.2, 0) is 16.0 Å². The first-order valence-electron chi connectivity index (χ1n) is 8.59. The molecule has 138 valence electrons. The molecule has 4 nitrogen and oxygen atoms in total. The number of ether oxygens (including phenoxy) is 1. The van der Waals surface area contributed by atoms with Crippen molar-refractivity contribution in [2.24, 2.45) is 0 Å². The van der Waals surface area contributed by atoms with Gasteiger partial charge in [-0.3, -0.25) is 4.79 Å². The molecule has 2 rings (SSSR count). The Bertz CT molecular complexity index is 802. The molecule has 0 atom stereocenters. The maximum Gasteiger partial charge on any atom is 0.337 e. The molecule has 0 radical (unpaired) electrons. The van der Waals surface area contributed by atoms with Crippen LogP contribution in [0.1, 0.15) is 41.8 Å². The maximum atomic E-state index is 13.8. The summed E-state index contributed by atoms with van der Waals surface area (Å²) >= 11 is 0. The summed E-state index contributed by atoms with van der Waals surface area (Å²) < 4.78 is 18.5. The zero-order valence-corrected chi connectivity index (χ0v) is 15.6. The molecule has 0 saturated heterocycles. The van der Waals surface area contributed by atoms with Gasteiger partial charge in [-0.2, -0.15) is 0 Å². The average Bonchev–Trinajstić information content (AvgIpc) is 2.61. The topological polar surface area (TPSA) is 46.6 Å². The van der Waals surface area contributed by atoms with Gasteiger partial charge in [0, 0.05) is 18.2 Å². The number of methoxy groups -OCH3 is 1. The van der Waals surface area contributed by atoms with E-state index in [0.717, 1.165) is 11.3 Å². The van der Waals surface area contributed by atoms with Crippen LogP contribution in [0.4, 0.5) is 10.1 Å². The molecule has 0 fully saturated rings. The SMILES string of the molecule is COC(=O)c1ccc(N(C(=O)CCc2ccccc2F)C(C)C)c(C)c1. The largest absolute Gasteiger partial charge is 0.465 e. The van der Waals surface area contributed by atoms with Gasteiger partial charge in [0.25, 0.3) is 0 Å². The van der Waals surface area contributed by atoms with E-state index in [-0.39, 0.29) is 24.2 Å². The van der Waals surface area contributed by atoms with E-state index >= 15 is 0 Å². The van der Waals surface area contributed by atoms with Gasteiger partial charge in [0.2, 0.25) is 5.91 Å². The van der Waals surface area contributed by atoms with Gasteiger partial charge in [-0.25, -0.2) is 9.18 Å². The van der Waals surface area contributed by atoms with Crippen LogP contribution in [0.25, 0.3) is 0 Å². The van der Waals surface area contributed by atoms with Crippen molar-refractivity contribution in [3.05, 3.63) is 65.0 Å². The first-order valence-corrected chi connectivity index (χ1v) is 8.59. The number of anilines is 1. The first kappa shape index (κ1) is 19.6. The van der Waals surface area contributed by atoms with Gasteiger partial charge < -0.3 is 9.64 Å². The maximum absolute atomic E-state index is 13.8. The lowest BCUT2D eigenvalue weighted by atomic mass is 10.1. The van der Waals surface area contributed by atoms with E-state index in [2.05, 4.69) is 0 Å². The molecule has 0 saturated carbocycles. The Labute approximate surface area is 153 Å². The zero-order chi connectivity index (χ0) is 19.3. The third-order valence-corrected chi connectivity index (χ3v) is 4.23. The molecule has 5 heteroatoms. The molecule has 2 aromatic rings. The third-order valence-electron chi connectivity index (χ3n) is 4.23. The molecule has 0 aliphatic carbocycles. The van der Waals surface area contributed by atoms with Crippen molar-refractivity contribution in [3.63, 3.8) is 0 Å². The van der Waals surface area contributed by atoms with Crippen LogP contribution < -0.4 is 4.90 Å². The molecule has 26 heavy (non-hydrogen) atoms. The van der Waals surface area contributed by atoms with Crippen LogP contribution in [0.2, 0.25) is 0 Å². The Kier molecular flexibility index (Phi) is 6.50. The third kappa shape index (κ3) is 4.48. The molecule has 0 aromatic heterocycles. The first-order chi connectivity index (χ1) is 12.3. The Balaban J connectivity index is 2.21. The summed E-state index contributed by atoms with van der Waals surface area (Å²) in [4.78, 5) is 26.2. The lowest BCUT2D eigenvalue weighted by Gasteiger charge is -2.29. The Morgan fingerprint density at radius 1 is 1.15 bits per heavy atom. The highest BCUT2D eigenvalue weighted by Crippen LogP contribution is 2.25. The van der Waals surface area contributed by atoms with Crippen molar-refractivity contribution in [3.8, 4) is 0 Å². The number of rotatable bonds is 6. The standard InChI is InChI=1S/C21H24FNO3/c1-14(2)23(19-11-9-17(13-15(19)3)21(25)26-4)20(24)12-10-16-7-5-6-8-18(16)22/h5-9,11,13-14H,10,12H2,1-4H3. The molecule has 0 heterocycles. The molecule has 0 unspecified atom stereocenters. The highest BCUT2D eigenvalue weighted by atomic mass is 19.1. The number of aryl methyl sites for hydroxylation is 2. The van der Waals surface area contributed by atoms with E-state index in [1.807, 2.05) is 20.8 Å². The molecule has 1 amide bonds. The Morgan fingerprint density at radius 2 is 1.85 bits per heavy atom. The lowest BCUT2D eigenvalue weighted by molar-refractivity contribution is -0.118. The fraction of sp³-hybridized carbons (Fsp3) is 0.333. The Morgan fingerprint density at radius 3 is 2.42 bits per heavy atom. The summed E-state index contributed by atoms with van der Waals surface area (Å²) in [7, 11) is 1.33. The van der Waals surface area contributed by atoms with Crippen LogP contribution in [0.5, 0.6) is 0 Å². The second-order valence-corrected chi connectivity index (χ2v) is 6.44. The molecular weight excluding hydrogens is 333 g/mol. The normalized spacial score (nSPS) is 10.7. The number of hydrogen-bond acceptors (Lipinski definition) is 3. The van der Waals surface area contributed by atoms with Crippen molar-refractivity contribution in [2.75, 3.05) is 12.0 Å². The summed E-state index contributed by atoms with van der Waals surface area (Å²) in [5, 5.41) is 0. The van der Waals surface area contributed by atoms with Crippen molar-refractivity contribution >= 4 is 17.6 Å². The number of esters is 1. The van der Waals surface area contributed by atoms with Gasteiger partial charge in [0.05, 0.1) is 12.7 Å². The van der Waals surface area contributed by atoms with Crippen LogP contribution >= 0.6 is 0 Å². The number of carbonyl (C=O) groups is 2. The van der Waals surface area contributed by atoms with Gasteiger partial charge in [-0.15, -0.1) is 0 Å². The number of benzene rings is 2. The fourth-order valence-electron chi connectivity index (χ4n) is 2.93. The quantitative estimate of drug-likeness (QED) is 0.725. The Hall–Kier alpha value is -2.69. The van der Waals surface area contributed by atoms with E-state index < -0.39 is 5.97 Å². The lowest BCUT2D eigenvalue weighted by Crippen LogP contribution is -2.37. The monoisotopic (exact) mass is 357 g/mol. The molecule has 0 aliphatic rings. The summed E-state index contributed by atoms with van der Waals surface area (Å²) in [6.07, 6.45) is 0.547. The van der Waals surface area contributed by atoms with Crippen molar-refractivity contribution in [2.45, 2.75) is 39.7 Å². The number of halogens is 1.